The predicted octanol–water partition coefficient (Wildman–Crippen LogP) is 1.29. The molecule has 0 amide bonds. The van der Waals surface area contributed by atoms with E-state index in [9.17, 15) is 12.8 Å². The number of nitrogens with zero attached hydrogens (tertiary/aromatic N) is 1. The summed E-state index contributed by atoms with van der Waals surface area (Å²) in [5.74, 6) is 0.187. The molecule has 0 atom stereocenters. The van der Waals surface area contributed by atoms with Crippen LogP contribution >= 0.6 is 24.0 Å². The van der Waals surface area contributed by atoms with Gasteiger partial charge in [-0.15, -0.1) is 24.0 Å². The number of hydrogen-bond acceptors (Lipinski definition) is 5. The first kappa shape index (κ1) is 17.2. The second-order valence-corrected chi connectivity index (χ2v) is 6.41. The number of aliphatic imine (C=N–C) groups is 1. The highest BCUT2D eigenvalue weighted by molar-refractivity contribution is 14.0. The van der Waals surface area contributed by atoms with Crippen LogP contribution in [0, 0.1) is 5.82 Å². The van der Waals surface area contributed by atoms with Gasteiger partial charge in [-0.1, -0.05) is 0 Å². The van der Waals surface area contributed by atoms with E-state index >= 15 is 0 Å². The van der Waals surface area contributed by atoms with Crippen molar-refractivity contribution < 1.29 is 12.8 Å². The number of halogens is 2. The van der Waals surface area contributed by atoms with Crippen molar-refractivity contribution in [2.75, 3.05) is 19.3 Å². The van der Waals surface area contributed by atoms with Crippen molar-refractivity contribution in [2.45, 2.75) is 17.9 Å². The Morgan fingerprint density at radius 2 is 2.20 bits per heavy atom. The summed E-state index contributed by atoms with van der Waals surface area (Å²) >= 11 is 0. The maximum Gasteiger partial charge on any atom is 0.191 e. The highest BCUT2D eigenvalue weighted by Gasteiger charge is 2.12. The molecule has 1 aromatic rings. The third-order valence-electron chi connectivity index (χ3n) is 2.79. The van der Waals surface area contributed by atoms with Gasteiger partial charge in [0.15, 0.2) is 15.8 Å². The first-order valence-corrected chi connectivity index (χ1v) is 7.86. The summed E-state index contributed by atoms with van der Waals surface area (Å²) in [4.78, 5) is 4.31. The number of rotatable bonds is 3. The van der Waals surface area contributed by atoms with E-state index in [1.54, 1.807) is 0 Å². The van der Waals surface area contributed by atoms with Gasteiger partial charge in [0.05, 0.1) is 4.90 Å². The summed E-state index contributed by atoms with van der Waals surface area (Å²) < 4.78 is 36.5. The Labute approximate surface area is 135 Å². The SMILES string of the molecule is CS(=O)(=O)c1ccc(F)c(CNC2=NCCCN2)c1.I. The Hall–Kier alpha value is -0.900. The van der Waals surface area contributed by atoms with E-state index in [-0.39, 0.29) is 35.4 Å². The molecule has 0 aromatic heterocycles. The zero-order valence-corrected chi connectivity index (χ0v) is 14.2. The van der Waals surface area contributed by atoms with E-state index in [1.165, 1.54) is 18.2 Å². The smallest absolute Gasteiger partial charge is 0.191 e. The Balaban J connectivity index is 0.00000200. The largest absolute Gasteiger partial charge is 0.356 e. The number of sulfone groups is 1. The fourth-order valence-electron chi connectivity index (χ4n) is 1.75. The van der Waals surface area contributed by atoms with Crippen LogP contribution in [0.25, 0.3) is 0 Å². The monoisotopic (exact) mass is 413 g/mol. The third-order valence-corrected chi connectivity index (χ3v) is 3.90. The lowest BCUT2D eigenvalue weighted by Gasteiger charge is -2.16. The molecule has 8 heteroatoms. The van der Waals surface area contributed by atoms with Gasteiger partial charge < -0.3 is 10.6 Å². The molecule has 0 spiro atoms. The van der Waals surface area contributed by atoms with Crippen molar-refractivity contribution in [1.29, 1.82) is 0 Å². The van der Waals surface area contributed by atoms with Gasteiger partial charge in [0, 0.05) is 31.5 Å². The van der Waals surface area contributed by atoms with E-state index in [2.05, 4.69) is 15.6 Å². The van der Waals surface area contributed by atoms with Gasteiger partial charge in [0.1, 0.15) is 5.82 Å². The second-order valence-electron chi connectivity index (χ2n) is 4.39. The van der Waals surface area contributed by atoms with Gasteiger partial charge in [-0.2, -0.15) is 0 Å². The minimum atomic E-state index is -3.33. The Morgan fingerprint density at radius 3 is 2.80 bits per heavy atom. The molecule has 5 nitrogen and oxygen atoms in total. The predicted molar refractivity (Wildman–Crippen MR) is 86.7 cm³/mol. The molecule has 1 aliphatic rings. The standard InChI is InChI=1S/C12H16FN3O2S.HI/c1-19(17,18)10-3-4-11(13)9(7-10)8-16-12-14-5-2-6-15-12;/h3-4,7H,2,5-6,8H2,1H3,(H2,14,15,16);1H. The first-order chi connectivity index (χ1) is 8.97. The summed E-state index contributed by atoms with van der Waals surface area (Å²) in [5.41, 5.74) is 0.304. The molecule has 1 aromatic carbocycles. The Morgan fingerprint density at radius 1 is 1.45 bits per heavy atom. The van der Waals surface area contributed by atoms with Crippen molar-refractivity contribution in [1.82, 2.24) is 10.6 Å². The molecular weight excluding hydrogens is 396 g/mol. The summed E-state index contributed by atoms with van der Waals surface area (Å²) in [6.07, 6.45) is 2.08. The minimum absolute atomic E-state index is 0. The fourth-order valence-corrected chi connectivity index (χ4v) is 2.42. The number of guanidine groups is 1. The summed E-state index contributed by atoms with van der Waals surface area (Å²) in [5, 5.41) is 6.01. The number of benzene rings is 1. The van der Waals surface area contributed by atoms with Crippen molar-refractivity contribution in [3.05, 3.63) is 29.6 Å². The molecule has 1 aliphatic heterocycles. The summed E-state index contributed by atoms with van der Waals surface area (Å²) in [6.45, 7) is 1.76. The lowest BCUT2D eigenvalue weighted by Crippen LogP contribution is -2.40. The molecule has 0 aliphatic carbocycles. The first-order valence-electron chi connectivity index (χ1n) is 5.97. The Bertz CT molecular complexity index is 605. The van der Waals surface area contributed by atoms with Gasteiger partial charge in [-0.05, 0) is 24.6 Å². The molecular formula is C12H17FIN3O2S. The quantitative estimate of drug-likeness (QED) is 0.579. The average Bonchev–Trinajstić information content (AvgIpc) is 2.37. The van der Waals surface area contributed by atoms with Crippen molar-refractivity contribution in [3.63, 3.8) is 0 Å². The molecule has 1 heterocycles. The topological polar surface area (TPSA) is 70.6 Å². The molecule has 0 fully saturated rings. The van der Waals surface area contributed by atoms with Crippen LogP contribution in [0.1, 0.15) is 12.0 Å². The summed E-state index contributed by atoms with van der Waals surface area (Å²) in [7, 11) is -3.33. The van der Waals surface area contributed by atoms with Crippen LogP contribution in [0.2, 0.25) is 0 Å². The second kappa shape index (κ2) is 7.21. The lowest BCUT2D eigenvalue weighted by atomic mass is 10.2. The molecule has 0 saturated heterocycles. The number of hydrogen-bond donors (Lipinski definition) is 2. The molecule has 0 radical (unpaired) electrons. The highest BCUT2D eigenvalue weighted by Crippen LogP contribution is 2.15. The van der Waals surface area contributed by atoms with E-state index in [4.69, 9.17) is 0 Å². The maximum absolute atomic E-state index is 13.6. The molecule has 0 saturated carbocycles. The van der Waals surface area contributed by atoms with Crippen molar-refractivity contribution >= 4 is 39.8 Å². The zero-order chi connectivity index (χ0) is 13.9. The van der Waals surface area contributed by atoms with Crippen LogP contribution < -0.4 is 10.6 Å². The lowest BCUT2D eigenvalue weighted by molar-refractivity contribution is 0.593. The van der Waals surface area contributed by atoms with Crippen LogP contribution in [0.5, 0.6) is 0 Å². The van der Waals surface area contributed by atoms with Gasteiger partial charge in [-0.3, -0.25) is 4.99 Å². The molecule has 20 heavy (non-hydrogen) atoms. The van der Waals surface area contributed by atoms with Crippen molar-refractivity contribution in [3.8, 4) is 0 Å². The van der Waals surface area contributed by atoms with Crippen molar-refractivity contribution in [2.24, 2.45) is 4.99 Å². The zero-order valence-electron chi connectivity index (χ0n) is 11.0. The van der Waals surface area contributed by atoms with E-state index in [0.29, 0.717) is 11.5 Å². The summed E-state index contributed by atoms with van der Waals surface area (Å²) in [6, 6.07) is 3.79. The molecule has 2 rings (SSSR count). The van der Waals surface area contributed by atoms with Gasteiger partial charge in [0.25, 0.3) is 0 Å². The van der Waals surface area contributed by atoms with Crippen LogP contribution in [-0.4, -0.2) is 33.7 Å². The fraction of sp³-hybridized carbons (Fsp3) is 0.417. The molecule has 112 valence electrons. The Kier molecular flexibility index (Phi) is 6.18. The minimum Gasteiger partial charge on any atom is -0.356 e. The molecule has 0 unspecified atom stereocenters. The van der Waals surface area contributed by atoms with E-state index < -0.39 is 15.7 Å². The third kappa shape index (κ3) is 4.58. The highest BCUT2D eigenvalue weighted by atomic mass is 127. The van der Waals surface area contributed by atoms with Gasteiger partial charge in [0.2, 0.25) is 0 Å². The van der Waals surface area contributed by atoms with Gasteiger partial charge >= 0.3 is 0 Å². The number of nitrogens with one attached hydrogen (secondary N) is 2. The van der Waals surface area contributed by atoms with Gasteiger partial charge in [-0.25, -0.2) is 12.8 Å². The molecule has 0 bridgehead atoms. The maximum atomic E-state index is 13.6. The van der Waals surface area contributed by atoms with Crippen LogP contribution in [0.3, 0.4) is 0 Å². The van der Waals surface area contributed by atoms with E-state index in [1.807, 2.05) is 0 Å². The van der Waals surface area contributed by atoms with Crippen LogP contribution in [0.15, 0.2) is 28.1 Å². The molecule has 2 N–H and O–H groups in total. The normalized spacial score (nSPS) is 14.8. The average molecular weight is 413 g/mol. The van der Waals surface area contributed by atoms with Crippen LogP contribution in [0.4, 0.5) is 4.39 Å². The van der Waals surface area contributed by atoms with Crippen LogP contribution in [-0.2, 0) is 16.4 Å². The van der Waals surface area contributed by atoms with E-state index in [0.717, 1.165) is 25.8 Å².